The van der Waals surface area contributed by atoms with E-state index in [2.05, 4.69) is 26.6 Å². The molecule has 24 heavy (non-hydrogen) atoms. The fraction of sp³-hybridized carbons (Fsp3) is 0.125. The second-order valence-electron chi connectivity index (χ2n) is 4.61. The van der Waals surface area contributed by atoms with Gasteiger partial charge < -0.3 is 10.6 Å². The average Bonchev–Trinajstić information content (AvgIpc) is 2.55. The third-order valence-electron chi connectivity index (χ3n) is 2.90. The highest BCUT2D eigenvalue weighted by atomic mass is 79.9. The molecule has 2 amide bonds. The van der Waals surface area contributed by atoms with E-state index in [-0.39, 0.29) is 12.5 Å². The highest BCUT2D eigenvalue weighted by Gasteiger charge is 2.10. The minimum Gasteiger partial charge on any atom is -0.343 e. The number of rotatable bonds is 6. The molecule has 0 aliphatic carbocycles. The van der Waals surface area contributed by atoms with Crippen LogP contribution >= 0.6 is 27.7 Å². The van der Waals surface area contributed by atoms with Crippen molar-refractivity contribution in [2.45, 2.75) is 10.7 Å². The number of hydrogen-bond donors (Lipinski definition) is 2. The van der Waals surface area contributed by atoms with Gasteiger partial charge >= 0.3 is 0 Å². The van der Waals surface area contributed by atoms with Crippen molar-refractivity contribution < 1.29 is 18.4 Å². The number of benzene rings is 2. The zero-order valence-electron chi connectivity index (χ0n) is 12.3. The van der Waals surface area contributed by atoms with E-state index >= 15 is 0 Å². The molecule has 0 bridgehead atoms. The van der Waals surface area contributed by atoms with Crippen LogP contribution < -0.4 is 10.6 Å². The molecule has 0 unspecified atom stereocenters. The number of hydrogen-bond acceptors (Lipinski definition) is 3. The fourth-order valence-corrected chi connectivity index (χ4v) is 2.69. The van der Waals surface area contributed by atoms with Gasteiger partial charge in [-0.15, -0.1) is 0 Å². The first-order valence-electron chi connectivity index (χ1n) is 6.83. The standard InChI is InChI=1S/C16H13BrF2N2O2S/c17-12-3-1-2-4-13(12)21-14(22)9-20-15(23)10-5-7-11(8-6-10)24-16(18)19/h1-8,16H,9H2,(H,20,23)(H,21,22). The Kier molecular flexibility index (Phi) is 6.74. The lowest BCUT2D eigenvalue weighted by molar-refractivity contribution is -0.115. The van der Waals surface area contributed by atoms with Gasteiger partial charge in [0.2, 0.25) is 5.91 Å². The summed E-state index contributed by atoms with van der Waals surface area (Å²) in [6, 6.07) is 12.9. The maximum absolute atomic E-state index is 12.2. The summed E-state index contributed by atoms with van der Waals surface area (Å²) in [5, 5.41) is 5.14. The Hall–Kier alpha value is -1.93. The van der Waals surface area contributed by atoms with E-state index in [1.807, 2.05) is 6.07 Å². The Balaban J connectivity index is 1.86. The Morgan fingerprint density at radius 2 is 1.75 bits per heavy atom. The molecule has 8 heteroatoms. The minimum atomic E-state index is -2.51. The van der Waals surface area contributed by atoms with Crippen LogP contribution in [-0.2, 0) is 4.79 Å². The van der Waals surface area contributed by atoms with Gasteiger partial charge in [-0.25, -0.2) is 0 Å². The van der Waals surface area contributed by atoms with E-state index in [4.69, 9.17) is 0 Å². The topological polar surface area (TPSA) is 58.2 Å². The molecule has 2 aromatic carbocycles. The first-order chi connectivity index (χ1) is 11.5. The van der Waals surface area contributed by atoms with Crippen molar-refractivity contribution in [1.82, 2.24) is 5.32 Å². The van der Waals surface area contributed by atoms with E-state index in [0.29, 0.717) is 27.9 Å². The van der Waals surface area contributed by atoms with Gasteiger partial charge in [-0.3, -0.25) is 9.59 Å². The lowest BCUT2D eigenvalue weighted by atomic mass is 10.2. The molecule has 4 nitrogen and oxygen atoms in total. The molecule has 126 valence electrons. The summed E-state index contributed by atoms with van der Waals surface area (Å²) in [5.74, 6) is -3.34. The molecule has 0 saturated carbocycles. The van der Waals surface area contributed by atoms with E-state index in [1.54, 1.807) is 18.2 Å². The monoisotopic (exact) mass is 414 g/mol. The van der Waals surface area contributed by atoms with Gasteiger partial charge in [0, 0.05) is 14.9 Å². The quantitative estimate of drug-likeness (QED) is 0.698. The van der Waals surface area contributed by atoms with Crippen LogP contribution in [0.1, 0.15) is 10.4 Å². The van der Waals surface area contributed by atoms with Crippen molar-refractivity contribution in [2.75, 3.05) is 11.9 Å². The molecule has 0 aliphatic rings. The third kappa shape index (κ3) is 5.61. The normalized spacial score (nSPS) is 10.5. The first kappa shape index (κ1) is 18.4. The summed E-state index contributed by atoms with van der Waals surface area (Å²) in [5.41, 5.74) is 0.896. The summed E-state index contributed by atoms with van der Waals surface area (Å²) in [6.07, 6.45) is 0. The van der Waals surface area contributed by atoms with Crippen LogP contribution in [0.15, 0.2) is 57.9 Å². The summed E-state index contributed by atoms with van der Waals surface area (Å²) < 4.78 is 25.2. The molecule has 0 aliphatic heterocycles. The third-order valence-corrected chi connectivity index (χ3v) is 4.31. The highest BCUT2D eigenvalue weighted by Crippen LogP contribution is 2.25. The molecule has 0 spiro atoms. The molecule has 0 aromatic heterocycles. The maximum atomic E-state index is 12.2. The van der Waals surface area contributed by atoms with Crippen LogP contribution in [0.3, 0.4) is 0 Å². The zero-order valence-corrected chi connectivity index (χ0v) is 14.7. The van der Waals surface area contributed by atoms with Crippen molar-refractivity contribution in [2.24, 2.45) is 0 Å². The van der Waals surface area contributed by atoms with E-state index < -0.39 is 11.7 Å². The van der Waals surface area contributed by atoms with E-state index in [0.717, 1.165) is 4.47 Å². The summed E-state index contributed by atoms with van der Waals surface area (Å²) in [6.45, 7) is -0.201. The number of nitrogens with one attached hydrogen (secondary N) is 2. The molecule has 2 rings (SSSR count). The number of carbonyl (C=O) groups is 2. The lowest BCUT2D eigenvalue weighted by Crippen LogP contribution is -2.32. The van der Waals surface area contributed by atoms with Gasteiger partial charge in [0.1, 0.15) is 0 Å². The lowest BCUT2D eigenvalue weighted by Gasteiger charge is -2.08. The predicted octanol–water partition coefficient (Wildman–Crippen LogP) is 4.13. The Morgan fingerprint density at radius 1 is 1.08 bits per heavy atom. The van der Waals surface area contributed by atoms with Gasteiger partial charge in [-0.1, -0.05) is 23.9 Å². The van der Waals surface area contributed by atoms with Crippen LogP contribution in [0, 0.1) is 0 Å². The molecule has 0 saturated heterocycles. The Labute approximate surface area is 150 Å². The summed E-state index contributed by atoms with van der Waals surface area (Å²) >= 11 is 3.71. The van der Waals surface area contributed by atoms with Gasteiger partial charge in [0.05, 0.1) is 12.2 Å². The van der Waals surface area contributed by atoms with Crippen LogP contribution in [0.25, 0.3) is 0 Å². The molecule has 0 heterocycles. The molecular weight excluding hydrogens is 402 g/mol. The van der Waals surface area contributed by atoms with Crippen LogP contribution in [-0.4, -0.2) is 24.1 Å². The largest absolute Gasteiger partial charge is 0.343 e. The second kappa shape index (κ2) is 8.79. The molecule has 0 radical (unpaired) electrons. The SMILES string of the molecule is O=C(CNC(=O)c1ccc(SC(F)F)cc1)Nc1ccccc1Br. The summed E-state index contributed by atoms with van der Waals surface area (Å²) in [7, 11) is 0. The van der Waals surface area contributed by atoms with Crippen molar-refractivity contribution in [3.05, 3.63) is 58.6 Å². The Bertz CT molecular complexity index is 726. The molecule has 2 N–H and O–H groups in total. The number of amides is 2. The fourth-order valence-electron chi connectivity index (χ4n) is 1.81. The van der Waals surface area contributed by atoms with Crippen LogP contribution in [0.4, 0.5) is 14.5 Å². The van der Waals surface area contributed by atoms with E-state index in [1.165, 1.54) is 24.3 Å². The number of para-hydroxylation sites is 1. The van der Waals surface area contributed by atoms with Crippen molar-refractivity contribution in [1.29, 1.82) is 0 Å². The zero-order chi connectivity index (χ0) is 17.5. The van der Waals surface area contributed by atoms with Gasteiger partial charge in [0.15, 0.2) is 0 Å². The van der Waals surface area contributed by atoms with Crippen LogP contribution in [0.2, 0.25) is 0 Å². The molecule has 0 atom stereocenters. The molecule has 2 aromatic rings. The number of thioether (sulfide) groups is 1. The number of anilines is 1. The van der Waals surface area contributed by atoms with Crippen molar-refractivity contribution >= 4 is 45.2 Å². The van der Waals surface area contributed by atoms with Gasteiger partial charge in [0.25, 0.3) is 11.7 Å². The smallest absolute Gasteiger partial charge is 0.288 e. The molecular formula is C16H13BrF2N2O2S. The number of carbonyl (C=O) groups excluding carboxylic acids is 2. The van der Waals surface area contributed by atoms with Gasteiger partial charge in [-0.05, 0) is 52.3 Å². The number of alkyl halides is 2. The Morgan fingerprint density at radius 3 is 2.38 bits per heavy atom. The number of halogens is 3. The van der Waals surface area contributed by atoms with Gasteiger partial charge in [-0.2, -0.15) is 8.78 Å². The summed E-state index contributed by atoms with van der Waals surface area (Å²) in [4.78, 5) is 24.2. The maximum Gasteiger partial charge on any atom is 0.288 e. The highest BCUT2D eigenvalue weighted by molar-refractivity contribution is 9.10. The van der Waals surface area contributed by atoms with Crippen molar-refractivity contribution in [3.63, 3.8) is 0 Å². The predicted molar refractivity (Wildman–Crippen MR) is 93.4 cm³/mol. The minimum absolute atomic E-state index is 0.201. The molecule has 0 fully saturated rings. The first-order valence-corrected chi connectivity index (χ1v) is 8.50. The second-order valence-corrected chi connectivity index (χ2v) is 6.53. The van der Waals surface area contributed by atoms with E-state index in [9.17, 15) is 18.4 Å². The van der Waals surface area contributed by atoms with Crippen molar-refractivity contribution in [3.8, 4) is 0 Å². The van der Waals surface area contributed by atoms with Crippen LogP contribution in [0.5, 0.6) is 0 Å². The average molecular weight is 415 g/mol.